The van der Waals surface area contributed by atoms with Gasteiger partial charge in [-0.05, 0) is 54.2 Å². The predicted molar refractivity (Wildman–Crippen MR) is 80.5 cm³/mol. The molecule has 2 rings (SSSR count). The molecule has 0 radical (unpaired) electrons. The van der Waals surface area contributed by atoms with Crippen molar-refractivity contribution in [3.8, 4) is 6.07 Å². The van der Waals surface area contributed by atoms with Gasteiger partial charge >= 0.3 is 0 Å². The third-order valence-electron chi connectivity index (χ3n) is 4.61. The van der Waals surface area contributed by atoms with Gasteiger partial charge in [-0.25, -0.2) is 4.39 Å². The molecule has 0 bridgehead atoms. The molecule has 0 saturated carbocycles. The molecule has 2 nitrogen and oxygen atoms in total. The Kier molecular flexibility index (Phi) is 3.79. The van der Waals surface area contributed by atoms with Crippen LogP contribution in [0.3, 0.4) is 0 Å². The van der Waals surface area contributed by atoms with Gasteiger partial charge in [0, 0.05) is 0 Å². The third-order valence-corrected chi connectivity index (χ3v) is 9.09. The van der Waals surface area contributed by atoms with E-state index in [0.29, 0.717) is 12.0 Å². The Morgan fingerprint density at radius 1 is 1.35 bits per heavy atom. The van der Waals surface area contributed by atoms with Crippen molar-refractivity contribution in [1.82, 2.24) is 0 Å². The molecule has 1 aromatic rings. The molecule has 1 aliphatic carbocycles. The highest BCUT2D eigenvalue weighted by atomic mass is 28.4. The molecule has 0 aliphatic heterocycles. The fourth-order valence-corrected chi connectivity index (χ4v) is 3.67. The molecule has 4 heteroatoms. The van der Waals surface area contributed by atoms with Crippen LogP contribution < -0.4 is 0 Å². The van der Waals surface area contributed by atoms with Gasteiger partial charge in [0.05, 0.1) is 17.7 Å². The van der Waals surface area contributed by atoms with Crippen molar-refractivity contribution in [2.75, 3.05) is 0 Å². The highest BCUT2D eigenvalue weighted by molar-refractivity contribution is 6.74. The van der Waals surface area contributed by atoms with Gasteiger partial charge in [0.25, 0.3) is 0 Å². The van der Waals surface area contributed by atoms with Gasteiger partial charge in [-0.3, -0.25) is 0 Å². The van der Waals surface area contributed by atoms with Crippen LogP contribution in [-0.4, -0.2) is 8.32 Å². The lowest BCUT2D eigenvalue weighted by atomic mass is 10.1. The fraction of sp³-hybridized carbons (Fsp3) is 0.562. The molecule has 0 spiro atoms. The molecule has 20 heavy (non-hydrogen) atoms. The van der Waals surface area contributed by atoms with Crippen LogP contribution in [0.2, 0.25) is 18.1 Å². The van der Waals surface area contributed by atoms with E-state index in [1.54, 1.807) is 6.07 Å². The van der Waals surface area contributed by atoms with Crippen molar-refractivity contribution in [2.45, 2.75) is 57.8 Å². The van der Waals surface area contributed by atoms with Gasteiger partial charge in [0.15, 0.2) is 8.32 Å². The van der Waals surface area contributed by atoms with Crippen molar-refractivity contribution in [3.05, 3.63) is 34.6 Å². The quantitative estimate of drug-likeness (QED) is 0.739. The Hall–Kier alpha value is -1.18. The summed E-state index contributed by atoms with van der Waals surface area (Å²) < 4.78 is 20.4. The van der Waals surface area contributed by atoms with E-state index >= 15 is 0 Å². The monoisotopic (exact) mass is 291 g/mol. The lowest BCUT2D eigenvalue weighted by Gasteiger charge is -2.38. The second-order valence-electron chi connectivity index (χ2n) is 7.04. The maximum absolute atomic E-state index is 14.0. The molecule has 1 unspecified atom stereocenters. The first-order valence-electron chi connectivity index (χ1n) is 7.06. The number of hydrogen-bond acceptors (Lipinski definition) is 2. The van der Waals surface area contributed by atoms with Gasteiger partial charge in [0.1, 0.15) is 5.82 Å². The summed E-state index contributed by atoms with van der Waals surface area (Å²) in [5.41, 5.74) is 1.99. The standard InChI is InChI=1S/C16H22FNOSi/c1-16(2,3)20(4,5)19-15-7-6-12-13(15)8-11(10-18)9-14(12)17/h8-9,15H,6-7H2,1-5H3. The maximum atomic E-state index is 14.0. The lowest BCUT2D eigenvalue weighted by molar-refractivity contribution is 0.185. The molecule has 1 atom stereocenters. The summed E-state index contributed by atoms with van der Waals surface area (Å²) >= 11 is 0. The van der Waals surface area contributed by atoms with Crippen LogP contribution in [-0.2, 0) is 10.8 Å². The molecule has 0 heterocycles. The van der Waals surface area contributed by atoms with E-state index in [0.717, 1.165) is 17.5 Å². The molecular formula is C16H22FNOSi. The van der Waals surface area contributed by atoms with E-state index < -0.39 is 8.32 Å². The van der Waals surface area contributed by atoms with Gasteiger partial charge in [0.2, 0.25) is 0 Å². The summed E-state index contributed by atoms with van der Waals surface area (Å²) in [4.78, 5) is 0. The molecule has 0 fully saturated rings. The fourth-order valence-electron chi connectivity index (χ4n) is 2.36. The van der Waals surface area contributed by atoms with Crippen LogP contribution in [0.15, 0.2) is 12.1 Å². The van der Waals surface area contributed by atoms with Crippen LogP contribution in [0, 0.1) is 17.1 Å². The van der Waals surface area contributed by atoms with Crippen LogP contribution in [0.4, 0.5) is 4.39 Å². The van der Waals surface area contributed by atoms with Crippen molar-refractivity contribution in [1.29, 1.82) is 5.26 Å². The number of nitriles is 1. The molecule has 1 aromatic carbocycles. The molecular weight excluding hydrogens is 269 g/mol. The average Bonchev–Trinajstić information content (AvgIpc) is 2.71. The number of benzene rings is 1. The van der Waals surface area contributed by atoms with Crippen molar-refractivity contribution in [3.63, 3.8) is 0 Å². The molecule has 108 valence electrons. The van der Waals surface area contributed by atoms with Crippen LogP contribution in [0.25, 0.3) is 0 Å². The second-order valence-corrected chi connectivity index (χ2v) is 11.8. The lowest BCUT2D eigenvalue weighted by Crippen LogP contribution is -2.41. The molecule has 1 aliphatic rings. The smallest absolute Gasteiger partial charge is 0.192 e. The van der Waals surface area contributed by atoms with Crippen molar-refractivity contribution < 1.29 is 8.82 Å². The van der Waals surface area contributed by atoms with E-state index in [1.807, 2.05) is 6.07 Å². The zero-order valence-corrected chi connectivity index (χ0v) is 13.9. The molecule has 0 N–H and O–H groups in total. The molecule has 0 aromatic heterocycles. The van der Waals surface area contributed by atoms with Gasteiger partial charge in [-0.15, -0.1) is 0 Å². The first-order chi connectivity index (χ1) is 9.15. The second kappa shape index (κ2) is 4.98. The Bertz CT molecular complexity index is 569. The number of hydrogen-bond donors (Lipinski definition) is 0. The summed E-state index contributed by atoms with van der Waals surface area (Å²) in [5, 5.41) is 9.12. The van der Waals surface area contributed by atoms with Crippen molar-refractivity contribution >= 4 is 8.32 Å². The number of rotatable bonds is 2. The largest absolute Gasteiger partial charge is 0.410 e. The first kappa shape index (κ1) is 15.2. The Morgan fingerprint density at radius 3 is 2.55 bits per heavy atom. The summed E-state index contributed by atoms with van der Waals surface area (Å²) in [7, 11) is -1.89. The number of fused-ring (bicyclic) bond motifs is 1. The highest BCUT2D eigenvalue weighted by Crippen LogP contribution is 2.44. The van der Waals surface area contributed by atoms with Crippen LogP contribution >= 0.6 is 0 Å². The Morgan fingerprint density at radius 2 is 2.00 bits per heavy atom. The summed E-state index contributed by atoms with van der Waals surface area (Å²) in [5.74, 6) is -0.264. The molecule has 0 saturated heterocycles. The zero-order chi connectivity index (χ0) is 15.1. The molecule has 0 amide bonds. The van der Waals surface area contributed by atoms with E-state index in [2.05, 4.69) is 33.9 Å². The summed E-state index contributed by atoms with van der Waals surface area (Å²) in [6.07, 6.45) is 1.45. The van der Waals surface area contributed by atoms with Gasteiger partial charge < -0.3 is 4.43 Å². The minimum Gasteiger partial charge on any atom is -0.410 e. The van der Waals surface area contributed by atoms with E-state index in [-0.39, 0.29) is 17.0 Å². The highest BCUT2D eigenvalue weighted by Gasteiger charge is 2.41. The van der Waals surface area contributed by atoms with Crippen LogP contribution in [0.1, 0.15) is 50.0 Å². The minimum atomic E-state index is -1.89. The topological polar surface area (TPSA) is 33.0 Å². The van der Waals surface area contributed by atoms with Gasteiger partial charge in [-0.2, -0.15) is 5.26 Å². The van der Waals surface area contributed by atoms with Gasteiger partial charge in [-0.1, -0.05) is 20.8 Å². The van der Waals surface area contributed by atoms with Crippen LogP contribution in [0.5, 0.6) is 0 Å². The predicted octanol–water partition coefficient (Wildman–Crippen LogP) is 4.71. The summed E-state index contributed by atoms with van der Waals surface area (Å²) in [6, 6.07) is 5.15. The van der Waals surface area contributed by atoms with E-state index in [1.165, 1.54) is 6.07 Å². The Balaban J connectivity index is 2.33. The maximum Gasteiger partial charge on any atom is 0.192 e. The van der Waals surface area contributed by atoms with E-state index in [9.17, 15) is 4.39 Å². The van der Waals surface area contributed by atoms with E-state index in [4.69, 9.17) is 9.69 Å². The summed E-state index contributed by atoms with van der Waals surface area (Å²) in [6.45, 7) is 11.0. The SMILES string of the molecule is CC(C)(C)[Si](C)(C)OC1CCc2c(F)cc(C#N)cc21. The Labute approximate surface area is 121 Å². The zero-order valence-electron chi connectivity index (χ0n) is 12.9. The third kappa shape index (κ3) is 2.65. The minimum absolute atomic E-state index is 0.0614. The van der Waals surface area contributed by atoms with Crippen molar-refractivity contribution in [2.24, 2.45) is 0 Å². The number of nitrogens with zero attached hydrogens (tertiary/aromatic N) is 1. The number of halogens is 1. The normalized spacial score (nSPS) is 18.8. The first-order valence-corrected chi connectivity index (χ1v) is 9.97. The average molecular weight is 291 g/mol.